The number of benzene rings is 3. The van der Waals surface area contributed by atoms with E-state index in [9.17, 15) is 22.8 Å². The number of nitrogens with zero attached hydrogens (tertiary/aromatic N) is 4. The van der Waals surface area contributed by atoms with Gasteiger partial charge in [-0.25, -0.2) is 13.4 Å². The second-order valence-corrected chi connectivity index (χ2v) is 17.5. The minimum Gasteiger partial charge on any atom is -0.483 e. The van der Waals surface area contributed by atoms with E-state index in [-0.39, 0.29) is 48.6 Å². The first-order valence-electron chi connectivity index (χ1n) is 18.9. The van der Waals surface area contributed by atoms with Crippen LogP contribution in [0.15, 0.2) is 121 Å². The number of fused-ring (bicyclic) bond motifs is 1. The van der Waals surface area contributed by atoms with Crippen LogP contribution >= 0.6 is 11.3 Å². The number of carbonyl (C=O) groups is 3. The number of hydrogen-bond acceptors (Lipinski definition) is 10. The lowest BCUT2D eigenvalue weighted by atomic mass is 9.87. The summed E-state index contributed by atoms with van der Waals surface area (Å²) in [6.45, 7) is 7.50. The largest absolute Gasteiger partial charge is 0.483 e. The molecule has 3 aromatic carbocycles. The molecule has 6 rings (SSSR count). The summed E-state index contributed by atoms with van der Waals surface area (Å²) in [5.74, 6) is -1.09. The van der Waals surface area contributed by atoms with Gasteiger partial charge in [-0.05, 0) is 85.3 Å². The lowest BCUT2D eigenvalue weighted by molar-refractivity contribution is -0.124. The maximum absolute atomic E-state index is 14.7. The first-order valence-corrected chi connectivity index (χ1v) is 21.2. The number of aryl methyl sites for hydroxylation is 2. The number of anilines is 1. The number of ether oxygens (including phenoxy) is 1. The molecule has 6 aromatic rings. The second-order valence-electron chi connectivity index (χ2n) is 14.6. The standard InChI is InChI=1S/C44H46N6O6S2/c1-29(2)26-50(58(54,55)36-13-14-37-40(25-36)57-44(48-37)49-43(53)34-17-21-46-22-18-34)27-35(24-39(51)33-15-19-45-20-16-33)38(23-32-11-6-5-7-12-32)47-41(52)28-56-42-30(3)9-8-10-31(42)4/h5-22,25,29,35,38H,23-24,26-28H2,1-4H3,(H,47,52)(H,48,49,53)/t35-,38+/m1/s1. The van der Waals surface area contributed by atoms with Crippen LogP contribution in [0, 0.1) is 25.7 Å². The fourth-order valence-electron chi connectivity index (χ4n) is 6.72. The van der Waals surface area contributed by atoms with Gasteiger partial charge >= 0.3 is 0 Å². The van der Waals surface area contributed by atoms with Crippen molar-refractivity contribution in [1.82, 2.24) is 24.6 Å². The average Bonchev–Trinajstić information content (AvgIpc) is 3.62. The second kappa shape index (κ2) is 19.1. The number of pyridine rings is 2. The molecule has 14 heteroatoms. The van der Waals surface area contributed by atoms with Gasteiger partial charge in [0, 0.05) is 67.4 Å². The predicted octanol–water partition coefficient (Wildman–Crippen LogP) is 7.30. The number of amides is 2. The van der Waals surface area contributed by atoms with Crippen molar-refractivity contribution in [1.29, 1.82) is 0 Å². The van der Waals surface area contributed by atoms with Gasteiger partial charge in [0.15, 0.2) is 17.5 Å². The fraction of sp³-hybridized carbons (Fsp3) is 0.273. The van der Waals surface area contributed by atoms with Crippen molar-refractivity contribution in [2.75, 3.05) is 25.0 Å². The monoisotopic (exact) mass is 818 g/mol. The van der Waals surface area contributed by atoms with Crippen molar-refractivity contribution in [3.8, 4) is 5.75 Å². The molecule has 58 heavy (non-hydrogen) atoms. The zero-order chi connectivity index (χ0) is 41.2. The van der Waals surface area contributed by atoms with Crippen LogP contribution in [0.3, 0.4) is 0 Å². The van der Waals surface area contributed by atoms with E-state index in [0.717, 1.165) is 28.0 Å². The molecule has 0 radical (unpaired) electrons. The summed E-state index contributed by atoms with van der Waals surface area (Å²) in [5, 5.41) is 6.25. The molecule has 0 aliphatic heterocycles. The van der Waals surface area contributed by atoms with Crippen LogP contribution < -0.4 is 15.4 Å². The first kappa shape index (κ1) is 41.8. The fourth-order valence-corrected chi connectivity index (χ4v) is 9.39. The number of Topliss-reactive ketones (excluding diaryl/α,β-unsaturated/α-hetero) is 1. The van der Waals surface area contributed by atoms with E-state index in [4.69, 9.17) is 4.74 Å². The third-order valence-corrected chi connectivity index (χ3v) is 12.3. The average molecular weight is 819 g/mol. The highest BCUT2D eigenvalue weighted by Crippen LogP contribution is 2.31. The summed E-state index contributed by atoms with van der Waals surface area (Å²) in [6.07, 6.45) is 6.40. The Hall–Kier alpha value is -5.83. The number of thiazole rings is 1. The molecule has 12 nitrogen and oxygen atoms in total. The van der Waals surface area contributed by atoms with Gasteiger partial charge in [-0.2, -0.15) is 4.31 Å². The lowest BCUT2D eigenvalue weighted by Crippen LogP contribution is -2.49. The van der Waals surface area contributed by atoms with Crippen LogP contribution in [0.5, 0.6) is 5.75 Å². The number of hydrogen-bond donors (Lipinski definition) is 2. The predicted molar refractivity (Wildman–Crippen MR) is 226 cm³/mol. The summed E-state index contributed by atoms with van der Waals surface area (Å²) in [5.41, 5.74) is 4.07. The highest BCUT2D eigenvalue weighted by atomic mass is 32.2. The molecular formula is C44H46N6O6S2. The molecule has 0 unspecified atom stereocenters. The SMILES string of the molecule is Cc1cccc(C)c1OCC(=O)N[C@@H](Cc1ccccc1)[C@H](CC(=O)c1ccncc1)CN(CC(C)C)S(=O)(=O)c1ccc2nc(NC(=O)c3ccncc3)sc2c1. The van der Waals surface area contributed by atoms with Crippen molar-refractivity contribution < 1.29 is 27.5 Å². The summed E-state index contributed by atoms with van der Waals surface area (Å²) in [7, 11) is -4.17. The Morgan fingerprint density at radius 2 is 1.47 bits per heavy atom. The smallest absolute Gasteiger partial charge is 0.258 e. The summed E-state index contributed by atoms with van der Waals surface area (Å²) in [6, 6.07) is 25.8. The molecule has 2 atom stereocenters. The summed E-state index contributed by atoms with van der Waals surface area (Å²) in [4.78, 5) is 53.1. The number of sulfonamides is 1. The van der Waals surface area contributed by atoms with E-state index >= 15 is 0 Å². The van der Waals surface area contributed by atoms with Crippen LogP contribution in [-0.4, -0.2) is 71.0 Å². The van der Waals surface area contributed by atoms with Gasteiger partial charge < -0.3 is 10.1 Å². The van der Waals surface area contributed by atoms with Crippen molar-refractivity contribution in [3.05, 3.63) is 144 Å². The quantitative estimate of drug-likeness (QED) is 0.0849. The minimum absolute atomic E-state index is 0.0427. The topological polar surface area (TPSA) is 161 Å². The Morgan fingerprint density at radius 1 is 0.810 bits per heavy atom. The molecular weight excluding hydrogens is 773 g/mol. The lowest BCUT2D eigenvalue weighted by Gasteiger charge is -2.33. The van der Waals surface area contributed by atoms with Crippen molar-refractivity contribution in [3.63, 3.8) is 0 Å². The number of rotatable bonds is 18. The molecule has 0 fully saturated rings. The molecule has 2 amide bonds. The molecule has 0 bridgehead atoms. The van der Waals surface area contributed by atoms with Crippen LogP contribution in [0.25, 0.3) is 10.2 Å². The number of para-hydroxylation sites is 1. The van der Waals surface area contributed by atoms with Gasteiger partial charge in [0.2, 0.25) is 10.0 Å². The third-order valence-electron chi connectivity index (χ3n) is 9.59. The molecule has 0 spiro atoms. The summed E-state index contributed by atoms with van der Waals surface area (Å²) < 4.78 is 37.5. The molecule has 300 valence electrons. The zero-order valence-electron chi connectivity index (χ0n) is 32.8. The zero-order valence-corrected chi connectivity index (χ0v) is 34.4. The molecule has 3 heterocycles. The van der Waals surface area contributed by atoms with Crippen molar-refractivity contribution >= 4 is 54.3 Å². The van der Waals surface area contributed by atoms with Gasteiger partial charge in [0.25, 0.3) is 11.8 Å². The Morgan fingerprint density at radius 3 is 2.12 bits per heavy atom. The van der Waals surface area contributed by atoms with Crippen LogP contribution in [0.4, 0.5) is 5.13 Å². The van der Waals surface area contributed by atoms with Gasteiger partial charge in [0.1, 0.15) is 5.75 Å². The van der Waals surface area contributed by atoms with Gasteiger partial charge in [-0.1, -0.05) is 73.7 Å². The molecule has 0 aliphatic carbocycles. The molecule has 3 aromatic heterocycles. The highest BCUT2D eigenvalue weighted by molar-refractivity contribution is 7.89. The number of nitrogens with one attached hydrogen (secondary N) is 2. The number of ketones is 1. The van der Waals surface area contributed by atoms with E-state index in [1.54, 1.807) is 36.4 Å². The van der Waals surface area contributed by atoms with E-state index < -0.39 is 27.9 Å². The number of aromatic nitrogens is 3. The van der Waals surface area contributed by atoms with Gasteiger partial charge in [-0.3, -0.25) is 29.7 Å². The van der Waals surface area contributed by atoms with Crippen molar-refractivity contribution in [2.45, 2.75) is 51.5 Å². The van der Waals surface area contributed by atoms with E-state index in [1.807, 2.05) is 76.2 Å². The van der Waals surface area contributed by atoms with Crippen molar-refractivity contribution in [2.24, 2.45) is 11.8 Å². The Balaban J connectivity index is 1.32. The van der Waals surface area contributed by atoms with E-state index in [1.165, 1.54) is 35.2 Å². The summed E-state index contributed by atoms with van der Waals surface area (Å²) >= 11 is 1.16. The minimum atomic E-state index is -4.17. The normalized spacial score (nSPS) is 12.7. The Kier molecular flexibility index (Phi) is 13.7. The maximum Gasteiger partial charge on any atom is 0.258 e. The third kappa shape index (κ3) is 10.8. The molecule has 0 saturated heterocycles. The van der Waals surface area contributed by atoms with Crippen LogP contribution in [0.2, 0.25) is 0 Å². The molecule has 0 saturated carbocycles. The molecule has 0 aliphatic rings. The van der Waals surface area contributed by atoms with Crippen LogP contribution in [-0.2, 0) is 21.2 Å². The highest BCUT2D eigenvalue weighted by Gasteiger charge is 2.34. The first-order chi connectivity index (χ1) is 27.9. The van der Waals surface area contributed by atoms with Gasteiger partial charge in [0.05, 0.1) is 15.1 Å². The van der Waals surface area contributed by atoms with E-state index in [0.29, 0.717) is 38.6 Å². The van der Waals surface area contributed by atoms with Gasteiger partial charge in [-0.15, -0.1) is 0 Å². The Labute approximate surface area is 342 Å². The molecule has 2 N–H and O–H groups in total. The maximum atomic E-state index is 14.7. The number of carbonyl (C=O) groups excluding carboxylic acids is 3. The van der Waals surface area contributed by atoms with E-state index in [2.05, 4.69) is 25.6 Å². The Bertz CT molecular complexity index is 2440. The van der Waals surface area contributed by atoms with Crippen LogP contribution in [0.1, 0.15) is 57.7 Å².